The molecule has 0 radical (unpaired) electrons. The standard InChI is InChI=1S/C24H27N7O/c1-5-21(22-10-11-25-27-22)26-24(32)19-12-18(17-8-6-16(4)7-9-17)13-20(14-19)31-23(15(2)3)28-29-30-31/h6-15,21H,5H2,1-4H3,(H,25,27)(H,26,32). The van der Waals surface area contributed by atoms with Crippen LogP contribution in [0.15, 0.2) is 54.7 Å². The topological polar surface area (TPSA) is 101 Å². The number of carbonyl (C=O) groups excluding carboxylic acids is 1. The molecule has 2 aromatic heterocycles. The van der Waals surface area contributed by atoms with Gasteiger partial charge in [0.05, 0.1) is 17.4 Å². The number of benzene rings is 2. The van der Waals surface area contributed by atoms with Gasteiger partial charge in [0, 0.05) is 17.7 Å². The summed E-state index contributed by atoms with van der Waals surface area (Å²) >= 11 is 0. The van der Waals surface area contributed by atoms with Crippen LogP contribution in [0.5, 0.6) is 0 Å². The summed E-state index contributed by atoms with van der Waals surface area (Å²) in [5, 5.41) is 22.3. The van der Waals surface area contributed by atoms with Crippen LogP contribution in [-0.4, -0.2) is 36.3 Å². The minimum atomic E-state index is -0.166. The fraction of sp³-hybridized carbons (Fsp3) is 0.292. The first-order valence-corrected chi connectivity index (χ1v) is 10.8. The predicted molar refractivity (Wildman–Crippen MR) is 123 cm³/mol. The maximum absolute atomic E-state index is 13.3. The van der Waals surface area contributed by atoms with Crippen molar-refractivity contribution in [1.29, 1.82) is 0 Å². The summed E-state index contributed by atoms with van der Waals surface area (Å²) in [6, 6.07) is 15.7. The fourth-order valence-corrected chi connectivity index (χ4v) is 3.62. The molecule has 0 saturated carbocycles. The minimum absolute atomic E-state index is 0.134. The van der Waals surface area contributed by atoms with E-state index in [4.69, 9.17) is 0 Å². The first kappa shape index (κ1) is 21.4. The van der Waals surface area contributed by atoms with E-state index in [0.717, 1.165) is 34.8 Å². The number of aromatic nitrogens is 6. The first-order chi connectivity index (χ1) is 15.5. The highest BCUT2D eigenvalue weighted by molar-refractivity contribution is 5.96. The lowest BCUT2D eigenvalue weighted by Crippen LogP contribution is -2.28. The van der Waals surface area contributed by atoms with E-state index in [1.165, 1.54) is 5.56 Å². The number of nitrogens with one attached hydrogen (secondary N) is 2. The molecule has 0 aliphatic heterocycles. The number of tetrazole rings is 1. The van der Waals surface area contributed by atoms with Crippen LogP contribution in [0, 0.1) is 6.92 Å². The maximum Gasteiger partial charge on any atom is 0.251 e. The molecule has 2 aromatic carbocycles. The number of hydrogen-bond donors (Lipinski definition) is 2. The van der Waals surface area contributed by atoms with Gasteiger partial charge in [-0.25, -0.2) is 0 Å². The Hall–Kier alpha value is -3.81. The average Bonchev–Trinajstić information content (AvgIpc) is 3.50. The second kappa shape index (κ2) is 9.13. The van der Waals surface area contributed by atoms with E-state index >= 15 is 0 Å². The average molecular weight is 430 g/mol. The summed E-state index contributed by atoms with van der Waals surface area (Å²) in [5.74, 6) is 0.706. The lowest BCUT2D eigenvalue weighted by Gasteiger charge is -2.17. The van der Waals surface area contributed by atoms with Crippen molar-refractivity contribution in [2.24, 2.45) is 0 Å². The van der Waals surface area contributed by atoms with Gasteiger partial charge in [0.1, 0.15) is 0 Å². The van der Waals surface area contributed by atoms with E-state index in [2.05, 4.69) is 62.2 Å². The Morgan fingerprint density at radius 3 is 2.53 bits per heavy atom. The van der Waals surface area contributed by atoms with Gasteiger partial charge in [-0.05, 0) is 59.2 Å². The molecule has 164 valence electrons. The normalized spacial score (nSPS) is 12.2. The lowest BCUT2D eigenvalue weighted by atomic mass is 10.00. The van der Waals surface area contributed by atoms with Gasteiger partial charge in [-0.1, -0.05) is 50.6 Å². The number of H-pyrrole nitrogens is 1. The molecule has 1 atom stereocenters. The number of carbonyl (C=O) groups is 1. The quantitative estimate of drug-likeness (QED) is 0.454. The Labute approximate surface area is 187 Å². The molecular weight excluding hydrogens is 402 g/mol. The highest BCUT2D eigenvalue weighted by Crippen LogP contribution is 2.26. The largest absolute Gasteiger partial charge is 0.344 e. The maximum atomic E-state index is 13.3. The molecule has 0 saturated heterocycles. The van der Waals surface area contributed by atoms with E-state index < -0.39 is 0 Å². The molecule has 4 rings (SSSR count). The van der Waals surface area contributed by atoms with Crippen LogP contribution < -0.4 is 5.32 Å². The van der Waals surface area contributed by atoms with Gasteiger partial charge in [0.15, 0.2) is 5.82 Å². The molecule has 0 bridgehead atoms. The van der Waals surface area contributed by atoms with Crippen LogP contribution in [0.1, 0.15) is 66.6 Å². The number of aromatic amines is 1. The minimum Gasteiger partial charge on any atom is -0.344 e. The fourth-order valence-electron chi connectivity index (χ4n) is 3.62. The molecule has 0 aliphatic rings. The summed E-state index contributed by atoms with van der Waals surface area (Å²) in [6.07, 6.45) is 2.42. The Kier molecular flexibility index (Phi) is 6.11. The summed E-state index contributed by atoms with van der Waals surface area (Å²) in [4.78, 5) is 13.3. The number of aryl methyl sites for hydroxylation is 1. The smallest absolute Gasteiger partial charge is 0.251 e. The van der Waals surface area contributed by atoms with Gasteiger partial charge in [-0.2, -0.15) is 9.78 Å². The van der Waals surface area contributed by atoms with Crippen molar-refractivity contribution >= 4 is 5.91 Å². The van der Waals surface area contributed by atoms with Crippen molar-refractivity contribution in [1.82, 2.24) is 35.7 Å². The summed E-state index contributed by atoms with van der Waals surface area (Å²) in [5.41, 5.74) is 5.28. The summed E-state index contributed by atoms with van der Waals surface area (Å²) in [7, 11) is 0. The van der Waals surface area contributed by atoms with Gasteiger partial charge in [-0.3, -0.25) is 9.89 Å². The second-order valence-electron chi connectivity index (χ2n) is 8.18. The molecule has 2 N–H and O–H groups in total. The molecule has 32 heavy (non-hydrogen) atoms. The van der Waals surface area contributed by atoms with Crippen LogP contribution in [0.4, 0.5) is 0 Å². The van der Waals surface area contributed by atoms with Crippen molar-refractivity contribution < 1.29 is 4.79 Å². The number of rotatable bonds is 7. The van der Waals surface area contributed by atoms with E-state index in [0.29, 0.717) is 5.56 Å². The van der Waals surface area contributed by atoms with E-state index in [-0.39, 0.29) is 17.9 Å². The zero-order valence-corrected chi connectivity index (χ0v) is 18.7. The van der Waals surface area contributed by atoms with Crippen molar-refractivity contribution in [3.63, 3.8) is 0 Å². The molecule has 8 nitrogen and oxygen atoms in total. The Balaban J connectivity index is 1.77. The third-order valence-electron chi connectivity index (χ3n) is 5.43. The molecule has 2 heterocycles. The van der Waals surface area contributed by atoms with Gasteiger partial charge >= 0.3 is 0 Å². The monoisotopic (exact) mass is 429 g/mol. The molecule has 0 aliphatic carbocycles. The molecule has 0 spiro atoms. The predicted octanol–water partition coefficient (Wildman–Crippen LogP) is 4.37. The summed E-state index contributed by atoms with van der Waals surface area (Å²) < 4.78 is 1.70. The number of hydrogen-bond acceptors (Lipinski definition) is 5. The third kappa shape index (κ3) is 4.44. The molecule has 4 aromatic rings. The first-order valence-electron chi connectivity index (χ1n) is 10.8. The van der Waals surface area contributed by atoms with Gasteiger partial charge in [0.25, 0.3) is 5.91 Å². The van der Waals surface area contributed by atoms with Crippen LogP contribution in [0.25, 0.3) is 16.8 Å². The van der Waals surface area contributed by atoms with Crippen molar-refractivity contribution in [2.75, 3.05) is 0 Å². The van der Waals surface area contributed by atoms with Crippen LogP contribution >= 0.6 is 0 Å². The zero-order valence-electron chi connectivity index (χ0n) is 18.7. The SMILES string of the molecule is CCC(NC(=O)c1cc(-c2ccc(C)cc2)cc(-n2nnnc2C(C)C)c1)c1ccn[nH]1. The Morgan fingerprint density at radius 1 is 1.09 bits per heavy atom. The van der Waals surface area contributed by atoms with Gasteiger partial charge in [-0.15, -0.1) is 5.10 Å². The molecule has 1 amide bonds. The molecule has 0 fully saturated rings. The lowest BCUT2D eigenvalue weighted by molar-refractivity contribution is 0.0934. The van der Waals surface area contributed by atoms with Crippen LogP contribution in [0.2, 0.25) is 0 Å². The van der Waals surface area contributed by atoms with Crippen molar-refractivity contribution in [2.45, 2.75) is 46.1 Å². The van der Waals surface area contributed by atoms with Crippen molar-refractivity contribution in [3.05, 3.63) is 77.4 Å². The second-order valence-corrected chi connectivity index (χ2v) is 8.18. The number of nitrogens with zero attached hydrogens (tertiary/aromatic N) is 5. The zero-order chi connectivity index (χ0) is 22.7. The Morgan fingerprint density at radius 2 is 1.88 bits per heavy atom. The molecular formula is C24H27N7O. The van der Waals surface area contributed by atoms with Crippen LogP contribution in [-0.2, 0) is 0 Å². The van der Waals surface area contributed by atoms with Gasteiger partial charge < -0.3 is 5.32 Å². The van der Waals surface area contributed by atoms with Crippen molar-refractivity contribution in [3.8, 4) is 16.8 Å². The highest BCUT2D eigenvalue weighted by Gasteiger charge is 2.19. The molecule has 1 unspecified atom stereocenters. The summed E-state index contributed by atoms with van der Waals surface area (Å²) in [6.45, 7) is 8.15. The Bertz CT molecular complexity index is 1190. The highest BCUT2D eigenvalue weighted by atomic mass is 16.1. The number of amides is 1. The molecule has 8 heteroatoms. The van der Waals surface area contributed by atoms with Gasteiger partial charge in [0.2, 0.25) is 0 Å². The van der Waals surface area contributed by atoms with E-state index in [9.17, 15) is 4.79 Å². The van der Waals surface area contributed by atoms with E-state index in [1.54, 1.807) is 10.9 Å². The third-order valence-corrected chi connectivity index (χ3v) is 5.43. The van der Waals surface area contributed by atoms with Crippen LogP contribution in [0.3, 0.4) is 0 Å². The van der Waals surface area contributed by atoms with E-state index in [1.807, 2.05) is 45.0 Å².